The smallest absolute Gasteiger partial charge is 0.238 e. The molecule has 0 saturated carbocycles. The van der Waals surface area contributed by atoms with Gasteiger partial charge in [0.2, 0.25) is 5.95 Å². The van der Waals surface area contributed by atoms with Gasteiger partial charge in [-0.3, -0.25) is 19.4 Å². The summed E-state index contributed by atoms with van der Waals surface area (Å²) < 4.78 is 4.59. The molecule has 6 aromatic carbocycles. The maximum atomic E-state index is 5.31. The first-order chi connectivity index (χ1) is 36.6. The van der Waals surface area contributed by atoms with Gasteiger partial charge in [-0.2, -0.15) is 9.97 Å². The Morgan fingerprint density at radius 3 is 1.58 bits per heavy atom. The molecule has 0 fully saturated rings. The average Bonchev–Trinajstić information content (AvgIpc) is 4.16. The van der Waals surface area contributed by atoms with E-state index in [0.29, 0.717) is 17.6 Å². The average molecular weight is 986 g/mol. The van der Waals surface area contributed by atoms with Crippen LogP contribution in [0.25, 0.3) is 114 Å². The van der Waals surface area contributed by atoms with Crippen LogP contribution < -0.4 is 4.90 Å². The van der Waals surface area contributed by atoms with Crippen LogP contribution in [0, 0.1) is 0 Å². The zero-order valence-electron chi connectivity index (χ0n) is 39.4. The predicted molar refractivity (Wildman–Crippen MR) is 303 cm³/mol. The van der Waals surface area contributed by atoms with Crippen molar-refractivity contribution < 1.29 is 0 Å². The van der Waals surface area contributed by atoms with Crippen molar-refractivity contribution in [3.63, 3.8) is 0 Å². The lowest BCUT2D eigenvalue weighted by atomic mass is 10.1. The number of anilines is 3. The summed E-state index contributed by atoms with van der Waals surface area (Å²) in [5, 5.41) is 2.06. The molecule has 348 valence electrons. The summed E-state index contributed by atoms with van der Waals surface area (Å²) >= 11 is 3.58. The molecule has 74 heavy (non-hydrogen) atoms. The minimum Gasteiger partial charge on any atom is -0.295 e. The van der Waals surface area contributed by atoms with E-state index in [1.807, 2.05) is 122 Å². The number of thiophene rings is 2. The summed E-state index contributed by atoms with van der Waals surface area (Å²) in [6.45, 7) is 0. The maximum absolute atomic E-state index is 5.31. The highest BCUT2D eigenvalue weighted by Crippen LogP contribution is 2.44. The summed E-state index contributed by atoms with van der Waals surface area (Å²) in [5.41, 5.74) is 13.5. The molecule has 9 nitrogen and oxygen atoms in total. The maximum Gasteiger partial charge on any atom is 0.238 e. The van der Waals surface area contributed by atoms with Gasteiger partial charge in [0.25, 0.3) is 0 Å². The lowest BCUT2D eigenvalue weighted by molar-refractivity contribution is 0.953. The van der Waals surface area contributed by atoms with E-state index in [1.54, 1.807) is 22.7 Å². The van der Waals surface area contributed by atoms with Crippen LogP contribution in [-0.2, 0) is 0 Å². The van der Waals surface area contributed by atoms with E-state index in [2.05, 4.69) is 135 Å². The third-order valence-electron chi connectivity index (χ3n) is 13.2. The van der Waals surface area contributed by atoms with E-state index >= 15 is 0 Å². The molecular formula is C63H39N9S2. The highest BCUT2D eigenvalue weighted by Gasteiger charge is 2.22. The number of benzene rings is 6. The molecular weight excluding hydrogens is 947 g/mol. The van der Waals surface area contributed by atoms with Gasteiger partial charge in [0.05, 0.1) is 33.5 Å². The van der Waals surface area contributed by atoms with Crippen molar-refractivity contribution in [1.29, 1.82) is 0 Å². The molecule has 0 N–H and O–H groups in total. The van der Waals surface area contributed by atoms with Crippen LogP contribution in [0.3, 0.4) is 0 Å². The third kappa shape index (κ3) is 7.93. The van der Waals surface area contributed by atoms with Crippen molar-refractivity contribution in [2.75, 3.05) is 4.90 Å². The molecule has 0 radical (unpaired) electrons. The lowest BCUT2D eigenvalue weighted by Crippen LogP contribution is -2.11. The zero-order chi connectivity index (χ0) is 49.0. The lowest BCUT2D eigenvalue weighted by Gasteiger charge is -2.25. The minimum atomic E-state index is 0.534. The van der Waals surface area contributed by atoms with E-state index in [0.717, 1.165) is 99.7 Å². The molecule has 0 bridgehead atoms. The molecule has 0 amide bonds. The molecule has 0 atom stereocenters. The van der Waals surface area contributed by atoms with Crippen molar-refractivity contribution in [2.24, 2.45) is 0 Å². The first-order valence-electron chi connectivity index (χ1n) is 24.2. The molecule has 8 heterocycles. The minimum absolute atomic E-state index is 0.534. The van der Waals surface area contributed by atoms with Crippen LogP contribution in [0.1, 0.15) is 0 Å². The summed E-state index contributed by atoms with van der Waals surface area (Å²) in [6.07, 6.45) is 5.64. The van der Waals surface area contributed by atoms with Crippen molar-refractivity contribution in [3.8, 4) is 72.1 Å². The highest BCUT2D eigenvalue weighted by atomic mass is 32.1. The Kier molecular flexibility index (Phi) is 10.7. The molecule has 0 spiro atoms. The number of rotatable bonds is 10. The molecule has 11 heteroatoms. The van der Waals surface area contributed by atoms with Crippen molar-refractivity contribution in [1.82, 2.24) is 39.5 Å². The second-order valence-electron chi connectivity index (χ2n) is 17.9. The van der Waals surface area contributed by atoms with E-state index in [4.69, 9.17) is 24.9 Å². The number of nitrogens with zero attached hydrogens (tertiary/aromatic N) is 9. The SMILES string of the molecule is c1ccc(-c2nc(-c3ccccc3)nc(-n3c4ccc(-c5cc6sc(-c7ccc(N(c8cccc(-c9ccccn9)c8)c8cccc(-c9ccccn9)c8)nc7)cc6s5)cc4c4nc5ccccc5cc43)n2)cc1. The normalized spacial score (nSPS) is 11.5. The fourth-order valence-electron chi connectivity index (χ4n) is 9.66. The Hall–Kier alpha value is -9.55. The van der Waals surface area contributed by atoms with Crippen molar-refractivity contribution in [3.05, 3.63) is 237 Å². The fourth-order valence-corrected chi connectivity index (χ4v) is 12.0. The number of para-hydroxylation sites is 1. The van der Waals surface area contributed by atoms with Gasteiger partial charge in [-0.05, 0) is 103 Å². The number of hydrogen-bond acceptors (Lipinski definition) is 10. The van der Waals surface area contributed by atoms with Gasteiger partial charge >= 0.3 is 0 Å². The number of hydrogen-bond donors (Lipinski definition) is 0. The molecule has 0 aliphatic rings. The first-order valence-corrected chi connectivity index (χ1v) is 25.8. The first kappa shape index (κ1) is 43.3. The number of pyridine rings is 4. The fraction of sp³-hybridized carbons (Fsp3) is 0. The standard InChI is InChI=1S/C63H39N9S2/c1-3-15-40(16-4-1)61-68-62(41-17-5-2-6-18-41)70-63(69-61)72-53-29-27-45(35-49(53)60-54(72)36-44-19-7-8-26-52(44)67-60)55-37-57-58(73-55)38-56(74-57)46-28-30-59(66-39-46)71(47-22-13-20-42(33-47)50-24-9-11-31-64-50)48-23-14-21-43(34-48)51-25-10-12-32-65-51/h1-39H. The van der Waals surface area contributed by atoms with Crippen LogP contribution in [0.4, 0.5) is 17.2 Å². The summed E-state index contributed by atoms with van der Waals surface area (Å²) in [7, 11) is 0. The Morgan fingerprint density at radius 2 is 0.973 bits per heavy atom. The second kappa shape index (κ2) is 18.2. The van der Waals surface area contributed by atoms with Gasteiger partial charge in [0.15, 0.2) is 11.6 Å². The summed E-state index contributed by atoms with van der Waals surface area (Å²) in [5.74, 6) is 2.54. The van der Waals surface area contributed by atoms with Crippen LogP contribution in [0.2, 0.25) is 0 Å². The zero-order valence-corrected chi connectivity index (χ0v) is 41.0. The van der Waals surface area contributed by atoms with Crippen LogP contribution in [0.5, 0.6) is 0 Å². The Balaban J connectivity index is 0.827. The molecule has 8 aromatic heterocycles. The highest BCUT2D eigenvalue weighted by molar-refractivity contribution is 7.31. The van der Waals surface area contributed by atoms with Crippen LogP contribution >= 0.6 is 22.7 Å². The Labute approximate surface area is 433 Å². The largest absolute Gasteiger partial charge is 0.295 e. The summed E-state index contributed by atoms with van der Waals surface area (Å²) in [4.78, 5) is 39.6. The summed E-state index contributed by atoms with van der Waals surface area (Å²) in [6, 6.07) is 75.1. The predicted octanol–water partition coefficient (Wildman–Crippen LogP) is 16.4. The van der Waals surface area contributed by atoms with Gasteiger partial charge in [-0.15, -0.1) is 22.7 Å². The van der Waals surface area contributed by atoms with Gasteiger partial charge < -0.3 is 0 Å². The molecule has 0 aliphatic carbocycles. The second-order valence-corrected chi connectivity index (χ2v) is 20.0. The molecule has 0 aliphatic heterocycles. The van der Waals surface area contributed by atoms with Crippen molar-refractivity contribution >= 4 is 82.1 Å². The van der Waals surface area contributed by atoms with Crippen LogP contribution in [0.15, 0.2) is 237 Å². The van der Waals surface area contributed by atoms with Gasteiger partial charge in [0, 0.05) is 87.7 Å². The van der Waals surface area contributed by atoms with E-state index in [1.165, 1.54) is 14.3 Å². The quantitative estimate of drug-likeness (QED) is 0.134. The van der Waals surface area contributed by atoms with E-state index in [-0.39, 0.29) is 0 Å². The Bertz CT molecular complexity index is 4190. The Morgan fingerprint density at radius 1 is 0.392 bits per heavy atom. The van der Waals surface area contributed by atoms with Gasteiger partial charge in [-0.25, -0.2) is 15.0 Å². The topological polar surface area (TPSA) is 98.4 Å². The molecule has 14 aromatic rings. The number of aromatic nitrogens is 8. The van der Waals surface area contributed by atoms with Crippen LogP contribution in [-0.4, -0.2) is 39.5 Å². The van der Waals surface area contributed by atoms with E-state index in [9.17, 15) is 0 Å². The van der Waals surface area contributed by atoms with E-state index < -0.39 is 0 Å². The molecule has 0 unspecified atom stereocenters. The molecule has 14 rings (SSSR count). The third-order valence-corrected chi connectivity index (χ3v) is 15.6. The van der Waals surface area contributed by atoms with Gasteiger partial charge in [0.1, 0.15) is 5.82 Å². The van der Waals surface area contributed by atoms with Crippen molar-refractivity contribution in [2.45, 2.75) is 0 Å². The van der Waals surface area contributed by atoms with Gasteiger partial charge in [-0.1, -0.05) is 121 Å². The molecule has 0 saturated heterocycles. The monoisotopic (exact) mass is 985 g/mol. The number of fused-ring (bicyclic) bond motifs is 5.